The van der Waals surface area contributed by atoms with Gasteiger partial charge in [0.2, 0.25) is 0 Å². The number of fused-ring (bicyclic) bond motifs is 1. The Bertz CT molecular complexity index is 407. The van der Waals surface area contributed by atoms with E-state index in [4.69, 9.17) is 14.2 Å². The normalized spacial score (nSPS) is 30.0. The molecule has 0 aromatic carbocycles. The first-order chi connectivity index (χ1) is 11.8. The summed E-state index contributed by atoms with van der Waals surface area (Å²) in [7, 11) is 1.81. The molecule has 3 aliphatic rings. The van der Waals surface area contributed by atoms with E-state index in [1.54, 1.807) is 7.05 Å². The number of nitrogens with one attached hydrogen (secondary N) is 2. The van der Waals surface area contributed by atoms with Crippen molar-refractivity contribution in [1.82, 2.24) is 15.5 Å². The third-order valence-electron chi connectivity index (χ3n) is 5.04. The van der Waals surface area contributed by atoms with Crippen LogP contribution in [0.2, 0.25) is 0 Å². The fraction of sp³-hybridized carbons (Fsp3) is 0.941. The van der Waals surface area contributed by atoms with E-state index in [1.165, 1.54) is 19.4 Å². The van der Waals surface area contributed by atoms with E-state index >= 15 is 0 Å². The molecule has 0 aliphatic carbocycles. The van der Waals surface area contributed by atoms with Crippen LogP contribution in [0.25, 0.3) is 0 Å². The zero-order valence-electron chi connectivity index (χ0n) is 15.2. The van der Waals surface area contributed by atoms with Gasteiger partial charge in [0.15, 0.2) is 5.96 Å². The van der Waals surface area contributed by atoms with Gasteiger partial charge in [-0.2, -0.15) is 0 Å². The minimum Gasteiger partial charge on any atom is -0.379 e. The molecule has 3 atom stereocenters. The highest BCUT2D eigenvalue weighted by molar-refractivity contribution is 14.0. The van der Waals surface area contributed by atoms with Crippen LogP contribution in [-0.2, 0) is 14.2 Å². The minimum absolute atomic E-state index is 0. The average Bonchev–Trinajstić information content (AvgIpc) is 3.28. The molecule has 7 nitrogen and oxygen atoms in total. The molecule has 0 saturated carbocycles. The molecule has 3 fully saturated rings. The second kappa shape index (κ2) is 11.5. The Labute approximate surface area is 168 Å². The Morgan fingerprint density at radius 1 is 1.28 bits per heavy atom. The number of halogens is 1. The van der Waals surface area contributed by atoms with Crippen molar-refractivity contribution in [2.75, 3.05) is 59.7 Å². The average molecular weight is 468 g/mol. The highest BCUT2D eigenvalue weighted by Crippen LogP contribution is 2.22. The highest BCUT2D eigenvalue weighted by atomic mass is 127. The number of guanidine groups is 1. The van der Waals surface area contributed by atoms with Crippen LogP contribution in [0.3, 0.4) is 0 Å². The standard InChI is InChI=1S/C17H32N4O3.HI/c1-18-17(19-6-3-8-23-15-5-9-22-13-15)20-10-16-11-21-7-2-4-14(21)12-24-16;/h14-16H,2-13H2,1H3,(H2,18,19,20);1H. The lowest BCUT2D eigenvalue weighted by Crippen LogP contribution is -2.51. The van der Waals surface area contributed by atoms with Gasteiger partial charge < -0.3 is 24.8 Å². The Morgan fingerprint density at radius 2 is 2.20 bits per heavy atom. The Hall–Kier alpha value is -0.160. The van der Waals surface area contributed by atoms with Crippen LogP contribution < -0.4 is 10.6 Å². The predicted octanol–water partition coefficient (Wildman–Crippen LogP) is 0.828. The van der Waals surface area contributed by atoms with Crippen molar-refractivity contribution in [1.29, 1.82) is 0 Å². The van der Waals surface area contributed by atoms with Gasteiger partial charge in [-0.15, -0.1) is 24.0 Å². The topological polar surface area (TPSA) is 67.4 Å². The Morgan fingerprint density at radius 3 is 3.00 bits per heavy atom. The largest absolute Gasteiger partial charge is 0.379 e. The van der Waals surface area contributed by atoms with E-state index in [-0.39, 0.29) is 30.1 Å². The summed E-state index contributed by atoms with van der Waals surface area (Å²) < 4.78 is 17.0. The molecule has 0 aromatic rings. The van der Waals surface area contributed by atoms with E-state index in [2.05, 4.69) is 20.5 Å². The molecule has 146 valence electrons. The van der Waals surface area contributed by atoms with Gasteiger partial charge >= 0.3 is 0 Å². The first-order valence-electron chi connectivity index (χ1n) is 9.34. The molecule has 25 heavy (non-hydrogen) atoms. The minimum atomic E-state index is 0. The first-order valence-corrected chi connectivity index (χ1v) is 9.34. The molecule has 3 unspecified atom stereocenters. The fourth-order valence-electron chi connectivity index (χ4n) is 3.61. The molecule has 3 rings (SSSR count). The molecule has 3 heterocycles. The van der Waals surface area contributed by atoms with Gasteiger partial charge in [0.25, 0.3) is 0 Å². The smallest absolute Gasteiger partial charge is 0.191 e. The SMILES string of the molecule is CN=C(NCCCOC1CCOC1)NCC1CN2CCCC2CO1.I. The number of morpholine rings is 1. The number of ether oxygens (including phenoxy) is 3. The van der Waals surface area contributed by atoms with Gasteiger partial charge in [0, 0.05) is 45.9 Å². The molecular weight excluding hydrogens is 435 g/mol. The van der Waals surface area contributed by atoms with Crippen LogP contribution in [0.1, 0.15) is 25.7 Å². The lowest BCUT2D eigenvalue weighted by molar-refractivity contribution is -0.0453. The second-order valence-corrected chi connectivity index (χ2v) is 6.84. The van der Waals surface area contributed by atoms with Crippen molar-refractivity contribution in [2.24, 2.45) is 4.99 Å². The van der Waals surface area contributed by atoms with Crippen LogP contribution in [0, 0.1) is 0 Å². The predicted molar refractivity (Wildman–Crippen MR) is 109 cm³/mol. The molecule has 0 amide bonds. The number of hydrogen-bond acceptors (Lipinski definition) is 5. The quantitative estimate of drug-likeness (QED) is 0.250. The van der Waals surface area contributed by atoms with Crippen LogP contribution >= 0.6 is 24.0 Å². The van der Waals surface area contributed by atoms with E-state index in [9.17, 15) is 0 Å². The van der Waals surface area contributed by atoms with Crippen molar-refractivity contribution < 1.29 is 14.2 Å². The summed E-state index contributed by atoms with van der Waals surface area (Å²) in [5, 5.41) is 6.72. The molecule has 0 aromatic heterocycles. The van der Waals surface area contributed by atoms with E-state index in [0.29, 0.717) is 12.1 Å². The van der Waals surface area contributed by atoms with E-state index in [1.807, 2.05) is 0 Å². The number of hydrogen-bond donors (Lipinski definition) is 2. The van der Waals surface area contributed by atoms with Crippen molar-refractivity contribution in [2.45, 2.75) is 43.9 Å². The maximum absolute atomic E-state index is 5.97. The number of aliphatic imine (C=N–C) groups is 1. The van der Waals surface area contributed by atoms with Crippen LogP contribution in [0.15, 0.2) is 4.99 Å². The summed E-state index contributed by atoms with van der Waals surface area (Å²) >= 11 is 0. The third-order valence-corrected chi connectivity index (χ3v) is 5.04. The van der Waals surface area contributed by atoms with Crippen molar-refractivity contribution >= 4 is 29.9 Å². The fourth-order valence-corrected chi connectivity index (χ4v) is 3.61. The third kappa shape index (κ3) is 6.82. The monoisotopic (exact) mass is 468 g/mol. The summed E-state index contributed by atoms with van der Waals surface area (Å²) in [6, 6.07) is 0.656. The van der Waals surface area contributed by atoms with Gasteiger partial charge in [-0.3, -0.25) is 9.89 Å². The Kier molecular flexibility index (Phi) is 9.75. The van der Waals surface area contributed by atoms with E-state index in [0.717, 1.165) is 64.9 Å². The first kappa shape index (κ1) is 21.1. The lowest BCUT2D eigenvalue weighted by atomic mass is 10.2. The molecule has 2 N–H and O–H groups in total. The van der Waals surface area contributed by atoms with Crippen molar-refractivity contribution in [3.8, 4) is 0 Å². The summed E-state index contributed by atoms with van der Waals surface area (Å²) in [6.45, 7) is 7.14. The second-order valence-electron chi connectivity index (χ2n) is 6.84. The van der Waals surface area contributed by atoms with Crippen LogP contribution in [0.4, 0.5) is 0 Å². The Balaban J connectivity index is 0.00000225. The maximum Gasteiger partial charge on any atom is 0.191 e. The van der Waals surface area contributed by atoms with Gasteiger partial charge in [-0.25, -0.2) is 0 Å². The lowest BCUT2D eigenvalue weighted by Gasteiger charge is -2.35. The van der Waals surface area contributed by atoms with Gasteiger partial charge in [0.05, 0.1) is 25.4 Å². The zero-order chi connectivity index (χ0) is 16.6. The number of rotatable bonds is 7. The van der Waals surface area contributed by atoms with Gasteiger partial charge in [-0.05, 0) is 32.2 Å². The molecular formula is C17H33IN4O3. The molecule has 0 spiro atoms. The molecule has 0 radical (unpaired) electrons. The summed E-state index contributed by atoms with van der Waals surface area (Å²) in [6.07, 6.45) is 5.14. The van der Waals surface area contributed by atoms with E-state index < -0.39 is 0 Å². The molecule has 3 saturated heterocycles. The molecule has 0 bridgehead atoms. The van der Waals surface area contributed by atoms with Gasteiger partial charge in [0.1, 0.15) is 0 Å². The zero-order valence-corrected chi connectivity index (χ0v) is 17.6. The number of nitrogens with zero attached hydrogens (tertiary/aromatic N) is 2. The van der Waals surface area contributed by atoms with Gasteiger partial charge in [-0.1, -0.05) is 0 Å². The highest BCUT2D eigenvalue weighted by Gasteiger charge is 2.32. The van der Waals surface area contributed by atoms with Crippen molar-refractivity contribution in [3.05, 3.63) is 0 Å². The molecule has 3 aliphatic heterocycles. The maximum atomic E-state index is 5.97. The summed E-state index contributed by atoms with van der Waals surface area (Å²) in [4.78, 5) is 6.84. The van der Waals surface area contributed by atoms with Crippen LogP contribution in [0.5, 0.6) is 0 Å². The summed E-state index contributed by atoms with van der Waals surface area (Å²) in [5.74, 6) is 0.839. The van der Waals surface area contributed by atoms with Crippen LogP contribution in [-0.4, -0.2) is 88.8 Å². The van der Waals surface area contributed by atoms with Crippen molar-refractivity contribution in [3.63, 3.8) is 0 Å². The molecule has 8 heteroatoms. The summed E-state index contributed by atoms with van der Waals surface area (Å²) in [5.41, 5.74) is 0.